The van der Waals surface area contributed by atoms with E-state index in [0.717, 1.165) is 11.3 Å². The predicted octanol–water partition coefficient (Wildman–Crippen LogP) is 4.64. The SMILES string of the molecule is Cc1cn(-c2ccc(/C=C3\OC(C)(C)CN(Cc4ccc(F)cc4)C3=O)cc2F)cn1. The standard InChI is InChI=1S/C24H23F2N3O2/c1-16-12-29(15-27-16)21-9-6-18(10-20(21)26)11-22-23(30)28(14-24(2,3)31-22)13-17-4-7-19(25)8-5-17/h4-12,15H,13-14H2,1-3H3/b22-11-. The molecule has 31 heavy (non-hydrogen) atoms. The van der Waals surface area contributed by atoms with E-state index in [1.54, 1.807) is 52.3 Å². The van der Waals surface area contributed by atoms with Crippen LogP contribution in [0.15, 0.2) is 60.7 Å². The van der Waals surface area contributed by atoms with E-state index in [9.17, 15) is 13.6 Å². The van der Waals surface area contributed by atoms with E-state index in [1.807, 2.05) is 20.8 Å². The lowest BCUT2D eigenvalue weighted by Crippen LogP contribution is -2.49. The number of morpholine rings is 1. The van der Waals surface area contributed by atoms with Crippen molar-refractivity contribution in [2.75, 3.05) is 6.54 Å². The minimum absolute atomic E-state index is 0.143. The molecule has 0 N–H and O–H groups in total. The molecule has 4 rings (SSSR count). The van der Waals surface area contributed by atoms with Crippen LogP contribution in [0.5, 0.6) is 0 Å². The number of imidazole rings is 1. The fourth-order valence-electron chi connectivity index (χ4n) is 3.62. The maximum Gasteiger partial charge on any atom is 0.289 e. The Morgan fingerprint density at radius 3 is 2.55 bits per heavy atom. The normalized spacial score (nSPS) is 17.1. The second-order valence-corrected chi connectivity index (χ2v) is 8.29. The van der Waals surface area contributed by atoms with Crippen LogP contribution in [0.2, 0.25) is 0 Å². The van der Waals surface area contributed by atoms with Gasteiger partial charge in [-0.05, 0) is 62.2 Å². The molecule has 0 radical (unpaired) electrons. The molecule has 3 aromatic rings. The van der Waals surface area contributed by atoms with Crippen LogP contribution in [0.4, 0.5) is 8.78 Å². The van der Waals surface area contributed by atoms with E-state index in [4.69, 9.17) is 4.74 Å². The zero-order valence-corrected chi connectivity index (χ0v) is 17.6. The number of halogens is 2. The quantitative estimate of drug-likeness (QED) is 0.575. The highest BCUT2D eigenvalue weighted by molar-refractivity contribution is 5.96. The monoisotopic (exact) mass is 423 g/mol. The van der Waals surface area contributed by atoms with Crippen molar-refractivity contribution < 1.29 is 18.3 Å². The number of carbonyl (C=O) groups excluding carboxylic acids is 1. The topological polar surface area (TPSA) is 47.4 Å². The summed E-state index contributed by atoms with van der Waals surface area (Å²) in [5.41, 5.74) is 1.87. The van der Waals surface area contributed by atoms with E-state index in [0.29, 0.717) is 24.3 Å². The summed E-state index contributed by atoms with van der Waals surface area (Å²) in [5.74, 6) is -0.908. The molecule has 2 aromatic carbocycles. The Hall–Kier alpha value is -3.48. The first kappa shape index (κ1) is 20.8. The molecule has 0 unspecified atom stereocenters. The lowest BCUT2D eigenvalue weighted by molar-refractivity contribution is -0.146. The Kier molecular flexibility index (Phi) is 5.35. The number of aromatic nitrogens is 2. The van der Waals surface area contributed by atoms with Crippen molar-refractivity contribution in [3.63, 3.8) is 0 Å². The van der Waals surface area contributed by atoms with Gasteiger partial charge < -0.3 is 14.2 Å². The smallest absolute Gasteiger partial charge is 0.289 e. The highest BCUT2D eigenvalue weighted by Crippen LogP contribution is 2.28. The van der Waals surface area contributed by atoms with Crippen molar-refractivity contribution in [1.29, 1.82) is 0 Å². The van der Waals surface area contributed by atoms with Crippen LogP contribution in [0.25, 0.3) is 11.8 Å². The first-order valence-electron chi connectivity index (χ1n) is 9.95. The molecule has 0 aliphatic carbocycles. The van der Waals surface area contributed by atoms with Crippen LogP contribution in [0, 0.1) is 18.6 Å². The summed E-state index contributed by atoms with van der Waals surface area (Å²) in [7, 11) is 0. The van der Waals surface area contributed by atoms with Crippen LogP contribution < -0.4 is 0 Å². The number of nitrogens with zero attached hydrogens (tertiary/aromatic N) is 3. The minimum atomic E-state index is -0.618. The molecule has 1 amide bonds. The van der Waals surface area contributed by atoms with Crippen LogP contribution in [0.3, 0.4) is 0 Å². The molecule has 0 atom stereocenters. The number of amides is 1. The highest BCUT2D eigenvalue weighted by atomic mass is 19.1. The number of hydrogen-bond acceptors (Lipinski definition) is 3. The number of hydrogen-bond donors (Lipinski definition) is 0. The van der Waals surface area contributed by atoms with Gasteiger partial charge in [0.15, 0.2) is 5.76 Å². The van der Waals surface area contributed by atoms with Gasteiger partial charge in [-0.1, -0.05) is 18.2 Å². The molecule has 1 fully saturated rings. The van der Waals surface area contributed by atoms with E-state index in [1.165, 1.54) is 18.2 Å². The summed E-state index contributed by atoms with van der Waals surface area (Å²) in [6, 6.07) is 10.8. The number of benzene rings is 2. The molecule has 0 bridgehead atoms. The van der Waals surface area contributed by atoms with Crippen LogP contribution in [0.1, 0.15) is 30.7 Å². The van der Waals surface area contributed by atoms with Gasteiger partial charge in [0.1, 0.15) is 17.2 Å². The van der Waals surface area contributed by atoms with Gasteiger partial charge in [0.05, 0.1) is 24.3 Å². The lowest BCUT2D eigenvalue weighted by atomic mass is 10.0. The van der Waals surface area contributed by atoms with Crippen molar-refractivity contribution in [3.05, 3.63) is 89.2 Å². The Balaban J connectivity index is 1.60. The Labute approximate surface area is 179 Å². The fraction of sp³-hybridized carbons (Fsp3) is 0.250. The van der Waals surface area contributed by atoms with Crippen molar-refractivity contribution in [2.45, 2.75) is 32.9 Å². The Bertz CT molecular complexity index is 1150. The van der Waals surface area contributed by atoms with Crippen molar-refractivity contribution >= 4 is 12.0 Å². The molecular formula is C24H23F2N3O2. The Morgan fingerprint density at radius 2 is 1.90 bits per heavy atom. The average Bonchev–Trinajstić information content (AvgIpc) is 3.13. The molecule has 1 saturated heterocycles. The first-order chi connectivity index (χ1) is 14.7. The molecular weight excluding hydrogens is 400 g/mol. The maximum absolute atomic E-state index is 14.7. The summed E-state index contributed by atoms with van der Waals surface area (Å²) in [4.78, 5) is 18.8. The molecule has 160 valence electrons. The van der Waals surface area contributed by atoms with Gasteiger partial charge in [0.2, 0.25) is 0 Å². The van der Waals surface area contributed by atoms with E-state index in [-0.39, 0.29) is 17.5 Å². The van der Waals surface area contributed by atoms with Gasteiger partial charge >= 0.3 is 0 Å². The van der Waals surface area contributed by atoms with Gasteiger partial charge in [0, 0.05) is 12.7 Å². The summed E-state index contributed by atoms with van der Waals surface area (Å²) in [6.45, 7) is 6.31. The molecule has 0 spiro atoms. The molecule has 5 nitrogen and oxygen atoms in total. The number of aryl methyl sites for hydroxylation is 1. The van der Waals surface area contributed by atoms with Crippen molar-refractivity contribution in [3.8, 4) is 5.69 Å². The molecule has 0 saturated carbocycles. The second kappa shape index (κ2) is 7.98. The number of ether oxygens (including phenoxy) is 1. The highest BCUT2D eigenvalue weighted by Gasteiger charge is 2.36. The van der Waals surface area contributed by atoms with Crippen molar-refractivity contribution in [1.82, 2.24) is 14.5 Å². The third-order valence-corrected chi connectivity index (χ3v) is 5.00. The summed E-state index contributed by atoms with van der Waals surface area (Å²) < 4.78 is 35.4. The summed E-state index contributed by atoms with van der Waals surface area (Å²) >= 11 is 0. The maximum atomic E-state index is 14.7. The van der Waals surface area contributed by atoms with Crippen LogP contribution >= 0.6 is 0 Å². The zero-order valence-electron chi connectivity index (χ0n) is 17.6. The van der Waals surface area contributed by atoms with Gasteiger partial charge in [-0.2, -0.15) is 0 Å². The molecule has 1 aliphatic heterocycles. The first-order valence-corrected chi connectivity index (χ1v) is 9.95. The average molecular weight is 423 g/mol. The number of carbonyl (C=O) groups is 1. The molecule has 7 heteroatoms. The second-order valence-electron chi connectivity index (χ2n) is 8.29. The van der Waals surface area contributed by atoms with Gasteiger partial charge in [-0.25, -0.2) is 13.8 Å². The predicted molar refractivity (Wildman–Crippen MR) is 113 cm³/mol. The van der Waals surface area contributed by atoms with Crippen molar-refractivity contribution in [2.24, 2.45) is 0 Å². The molecule has 2 heterocycles. The third-order valence-electron chi connectivity index (χ3n) is 5.00. The largest absolute Gasteiger partial charge is 0.480 e. The van der Waals surface area contributed by atoms with Gasteiger partial charge in [-0.3, -0.25) is 4.79 Å². The van der Waals surface area contributed by atoms with E-state index >= 15 is 0 Å². The van der Waals surface area contributed by atoms with E-state index in [2.05, 4.69) is 4.98 Å². The Morgan fingerprint density at radius 1 is 1.16 bits per heavy atom. The summed E-state index contributed by atoms with van der Waals surface area (Å²) in [5, 5.41) is 0. The summed E-state index contributed by atoms with van der Waals surface area (Å²) in [6.07, 6.45) is 4.84. The van der Waals surface area contributed by atoms with Gasteiger partial charge in [-0.15, -0.1) is 0 Å². The fourth-order valence-corrected chi connectivity index (χ4v) is 3.62. The van der Waals surface area contributed by atoms with Crippen LogP contribution in [-0.4, -0.2) is 32.5 Å². The molecule has 1 aliphatic rings. The lowest BCUT2D eigenvalue weighted by Gasteiger charge is -2.39. The molecule has 1 aromatic heterocycles. The van der Waals surface area contributed by atoms with Gasteiger partial charge in [0.25, 0.3) is 5.91 Å². The zero-order chi connectivity index (χ0) is 22.2. The number of rotatable bonds is 4. The third kappa shape index (κ3) is 4.66. The van der Waals surface area contributed by atoms with E-state index < -0.39 is 11.4 Å². The minimum Gasteiger partial charge on any atom is -0.480 e. The van der Waals surface area contributed by atoms with Crippen LogP contribution in [-0.2, 0) is 16.1 Å².